The van der Waals surface area contributed by atoms with E-state index in [0.29, 0.717) is 70.7 Å². The molecule has 0 aromatic heterocycles. The van der Waals surface area contributed by atoms with Gasteiger partial charge in [-0.25, -0.2) is 17.2 Å². The third-order valence-corrected chi connectivity index (χ3v) is 16.2. The molecular weight excluding hydrogens is 1000 g/mol. The molecule has 0 atom stereocenters. The second kappa shape index (κ2) is 22.2. The van der Waals surface area contributed by atoms with Crippen LogP contribution >= 0.6 is 0 Å². The number of hydrogen-bond donors (Lipinski definition) is 3. The average molecular weight is 1060 g/mol. The Morgan fingerprint density at radius 3 is 2.04 bits per heavy atom. The summed E-state index contributed by atoms with van der Waals surface area (Å²) in [6, 6.07) is 10.5. The van der Waals surface area contributed by atoms with E-state index in [0.717, 1.165) is 12.5 Å². The van der Waals surface area contributed by atoms with Crippen molar-refractivity contribution in [1.29, 1.82) is 0 Å². The maximum atomic E-state index is 16.9. The van der Waals surface area contributed by atoms with Gasteiger partial charge in [-0.15, -0.1) is 0 Å². The molecule has 2 aliphatic heterocycles. The van der Waals surface area contributed by atoms with Crippen molar-refractivity contribution in [1.82, 2.24) is 0 Å². The van der Waals surface area contributed by atoms with Crippen molar-refractivity contribution in [2.75, 3.05) is 36.1 Å². The zero-order valence-corrected chi connectivity index (χ0v) is 42.3. The number of nitrogens with zero attached hydrogens (tertiary/aromatic N) is 2. The van der Waals surface area contributed by atoms with Gasteiger partial charge in [0.05, 0.1) is 38.9 Å². The molecule has 0 radical (unpaired) electrons. The number of hydrogen-bond acceptors (Lipinski definition) is 11. The number of unbranched alkanes of at least 4 members (excludes halogenated alkanes) is 3. The molecule has 6 rings (SSSR count). The molecule has 15 nitrogen and oxygen atoms in total. The van der Waals surface area contributed by atoms with Crippen LogP contribution in [0.5, 0.6) is 5.75 Å². The first kappa shape index (κ1) is 57.3. The van der Waals surface area contributed by atoms with E-state index in [1.165, 1.54) is 36.4 Å². The fourth-order valence-corrected chi connectivity index (χ4v) is 11.5. The summed E-state index contributed by atoms with van der Waals surface area (Å²) in [6.45, 7) is 9.90. The second-order valence-corrected chi connectivity index (χ2v) is 24.4. The van der Waals surface area contributed by atoms with Crippen LogP contribution in [0.15, 0.2) is 99.5 Å². The van der Waals surface area contributed by atoms with Gasteiger partial charge in [-0.3, -0.25) is 13.7 Å². The van der Waals surface area contributed by atoms with Gasteiger partial charge in [0.1, 0.15) is 22.5 Å². The van der Waals surface area contributed by atoms with Gasteiger partial charge >= 0.3 is 29.6 Å². The van der Waals surface area contributed by atoms with E-state index in [1.54, 1.807) is 30.4 Å². The summed E-state index contributed by atoms with van der Waals surface area (Å²) in [5.74, 6) is -2.92. The van der Waals surface area contributed by atoms with Gasteiger partial charge in [-0.05, 0) is 130 Å². The number of ether oxygens (including phenoxy) is 1. The molecule has 1 aliphatic carbocycles. The van der Waals surface area contributed by atoms with Crippen molar-refractivity contribution in [3.05, 3.63) is 118 Å². The molecule has 2 heterocycles. The fraction of sp³-hybridized carbons (Fsp3) is 0.438. The first-order chi connectivity index (χ1) is 32.1. The quantitative estimate of drug-likeness (QED) is 0.0419. The fourth-order valence-electron chi connectivity index (χ4n) is 9.36. The number of anilines is 1. The summed E-state index contributed by atoms with van der Waals surface area (Å²) in [6.07, 6.45) is 10.4. The Hall–Kier alpha value is -3.61. The molecule has 0 amide bonds. The number of allylic oxidation sites excluding steroid dienone is 8. The van der Waals surface area contributed by atoms with Crippen LogP contribution in [-0.4, -0.2) is 123 Å². The van der Waals surface area contributed by atoms with Gasteiger partial charge in [0.15, 0.2) is 17.3 Å². The van der Waals surface area contributed by atoms with Gasteiger partial charge < -0.3 is 14.2 Å². The van der Waals surface area contributed by atoms with Crippen LogP contribution in [0, 0.1) is 11.6 Å². The zero-order valence-electron chi connectivity index (χ0n) is 39.0. The average Bonchev–Trinajstić information content (AvgIpc) is 3.59. The second-order valence-electron chi connectivity index (χ2n) is 18.5. The third-order valence-electron chi connectivity index (χ3n) is 12.9. The summed E-state index contributed by atoms with van der Waals surface area (Å²) in [5.41, 5.74) is 2.46. The van der Waals surface area contributed by atoms with E-state index in [4.69, 9.17) is 4.74 Å². The molecule has 0 saturated carbocycles. The van der Waals surface area contributed by atoms with Crippen LogP contribution in [0.4, 0.5) is 20.2 Å². The van der Waals surface area contributed by atoms with Gasteiger partial charge in [0, 0.05) is 47.5 Å². The minimum absolute atomic E-state index is 0. The van der Waals surface area contributed by atoms with Crippen molar-refractivity contribution in [2.24, 2.45) is 0 Å². The Labute approximate surface area is 432 Å². The molecule has 0 fully saturated rings. The molecule has 3 aromatic carbocycles. The summed E-state index contributed by atoms with van der Waals surface area (Å²) >= 11 is 0. The van der Waals surface area contributed by atoms with Crippen molar-refractivity contribution in [2.45, 2.75) is 113 Å². The van der Waals surface area contributed by atoms with Crippen LogP contribution in [-0.2, 0) is 51.3 Å². The Morgan fingerprint density at radius 1 is 0.771 bits per heavy atom. The van der Waals surface area contributed by atoms with E-state index in [1.807, 2.05) is 44.1 Å². The zero-order chi connectivity index (χ0) is 50.9. The Kier molecular flexibility index (Phi) is 18.2. The summed E-state index contributed by atoms with van der Waals surface area (Å²) in [4.78, 5) is 1.11. The van der Waals surface area contributed by atoms with Crippen molar-refractivity contribution < 1.29 is 70.0 Å². The topological polar surface area (TPSA) is 236 Å². The first-order valence-electron chi connectivity index (χ1n) is 22.6. The van der Waals surface area contributed by atoms with E-state index in [9.17, 15) is 51.9 Å². The Morgan fingerprint density at radius 2 is 1.41 bits per heavy atom. The number of fused-ring (bicyclic) bond motifs is 2. The molecule has 3 aromatic rings. The standard InChI is InChI=1S/C48H58F2N2O13S4.Na.H/c1-6-7-27-65-41-22-19-38(49)45(46(41)50)44-32(15-23-42-47(2,3)36-30-34(68(59,60)61)17-20-39(36)51(42)25-8-10-28-66(53,54)55)13-12-14-33(44)16-24-43-48(4,5)37-31-35(69(62,63)64)18-21-40(37)52(43)26-9-11-29-67(56,57)58;;/h15-24,30-31H,6-14,25-29H2,1-5H3,(H3-,53,54,55,56,57,58,59,60,61,62,63,64);;. The molecule has 0 bridgehead atoms. The Bertz CT molecular complexity index is 3150. The van der Waals surface area contributed by atoms with E-state index < -0.39 is 79.3 Å². The van der Waals surface area contributed by atoms with E-state index in [-0.39, 0.29) is 96.7 Å². The predicted octanol–water partition coefficient (Wildman–Crippen LogP) is 8.16. The Balaban J connectivity index is 0.00000913. The molecule has 70 heavy (non-hydrogen) atoms. The van der Waals surface area contributed by atoms with Crippen LogP contribution in [0.2, 0.25) is 0 Å². The van der Waals surface area contributed by atoms with Crippen LogP contribution in [0.3, 0.4) is 0 Å². The molecule has 378 valence electrons. The monoisotopic (exact) mass is 1060 g/mol. The molecule has 22 heteroatoms. The molecule has 0 saturated heterocycles. The third kappa shape index (κ3) is 13.1. The van der Waals surface area contributed by atoms with E-state index >= 15 is 8.78 Å². The molecule has 0 unspecified atom stereocenters. The summed E-state index contributed by atoms with van der Waals surface area (Å²) < 4.78 is 177. The molecule has 3 N–H and O–H groups in total. The molecular formula is C48H59F2N2NaO13S4. The summed E-state index contributed by atoms with van der Waals surface area (Å²) in [7, 11) is -18.0. The van der Waals surface area contributed by atoms with Gasteiger partial charge in [0.25, 0.3) is 30.4 Å². The molecule has 0 spiro atoms. The van der Waals surface area contributed by atoms with Crippen molar-refractivity contribution in [3.8, 4) is 5.75 Å². The number of rotatable bonds is 20. The molecule has 3 aliphatic rings. The van der Waals surface area contributed by atoms with Gasteiger partial charge in [-0.2, -0.15) is 29.8 Å². The van der Waals surface area contributed by atoms with Crippen LogP contribution in [0.1, 0.15) is 109 Å². The predicted molar refractivity (Wildman–Crippen MR) is 265 cm³/mol. The van der Waals surface area contributed by atoms with Crippen molar-refractivity contribution in [3.63, 3.8) is 0 Å². The van der Waals surface area contributed by atoms with Crippen LogP contribution < -0.4 is 9.64 Å². The first-order valence-corrected chi connectivity index (χ1v) is 28.6. The van der Waals surface area contributed by atoms with Gasteiger partial charge in [-0.1, -0.05) is 39.3 Å². The van der Waals surface area contributed by atoms with Crippen LogP contribution in [0.25, 0.3) is 5.57 Å². The number of halogens is 2. The van der Waals surface area contributed by atoms with Gasteiger partial charge in [0.2, 0.25) is 5.69 Å². The number of benzene rings is 3. The van der Waals surface area contributed by atoms with E-state index in [2.05, 4.69) is 0 Å². The minimum atomic E-state index is -4.86. The van der Waals surface area contributed by atoms with Crippen molar-refractivity contribution >= 4 is 92.7 Å². The summed E-state index contributed by atoms with van der Waals surface area (Å²) in [5, 5.41) is 0. The maximum absolute atomic E-state index is 16.9. The normalized spacial score (nSPS) is 18.2. The SMILES string of the molecule is CCCCOc1ccc(F)c(C2=C(C=CC3=[N+](CCCCS(=O)(=O)O)c4ccc(S(=O)(=O)[O-])cc4C3(C)C)CCCC2=CC=C2N(CCCCS(=O)(=O)O)c3ccc(S(=O)(=O)O)cc3C2(C)C)c1F.[NaH].